The molecule has 0 saturated carbocycles. The van der Waals surface area contributed by atoms with Crippen molar-refractivity contribution in [2.75, 3.05) is 16.4 Å². The summed E-state index contributed by atoms with van der Waals surface area (Å²) in [6.07, 6.45) is 0. The first kappa shape index (κ1) is 18.9. The zero-order chi connectivity index (χ0) is 20.6. The average Bonchev–Trinajstić information content (AvgIpc) is 2.94. The van der Waals surface area contributed by atoms with Crippen LogP contribution in [0.5, 0.6) is 0 Å². The molecule has 0 aliphatic carbocycles. The molecule has 0 aliphatic heterocycles. The SMILES string of the molecule is Nc1nc([N+](=O)[O-])nn1-c1nc(N(F)F)c([N+](=O)[O-])c(N(F)F)c1[N+](=O)[O-]. The molecule has 2 aromatic rings. The zero-order valence-corrected chi connectivity index (χ0v) is 12.1. The molecule has 0 fully saturated rings. The van der Waals surface area contributed by atoms with E-state index in [2.05, 4.69) is 15.1 Å². The van der Waals surface area contributed by atoms with Crippen molar-refractivity contribution >= 4 is 34.8 Å². The summed E-state index contributed by atoms with van der Waals surface area (Å²) in [6.45, 7) is 0. The van der Waals surface area contributed by atoms with Gasteiger partial charge < -0.3 is 15.8 Å². The molecule has 2 rings (SSSR count). The first-order valence-electron chi connectivity index (χ1n) is 5.94. The quantitative estimate of drug-likeness (QED) is 0.314. The smallest absolute Gasteiger partial charge is 0.390 e. The highest BCUT2D eigenvalue weighted by molar-refractivity contribution is 5.84. The molecule has 27 heavy (non-hydrogen) atoms. The normalized spacial score (nSPS) is 10.5. The summed E-state index contributed by atoms with van der Waals surface area (Å²) in [6, 6.07) is 0. The second-order valence-electron chi connectivity index (χ2n) is 4.22. The summed E-state index contributed by atoms with van der Waals surface area (Å²) in [5, 5.41) is 31.5. The van der Waals surface area contributed by atoms with Crippen LogP contribution in [0.3, 0.4) is 0 Å². The number of aromatic nitrogens is 4. The molecule has 0 aromatic carbocycles. The van der Waals surface area contributed by atoms with Crippen LogP contribution < -0.4 is 16.4 Å². The third-order valence-electron chi connectivity index (χ3n) is 2.76. The Morgan fingerprint density at radius 1 is 0.889 bits per heavy atom. The maximum Gasteiger partial charge on any atom is 0.493 e. The number of halogens is 4. The van der Waals surface area contributed by atoms with Gasteiger partial charge in [-0.25, -0.2) is 0 Å². The van der Waals surface area contributed by atoms with Crippen LogP contribution in [0.4, 0.5) is 52.7 Å². The number of rotatable bonds is 6. The van der Waals surface area contributed by atoms with Crippen LogP contribution in [0.1, 0.15) is 0 Å². The maximum absolute atomic E-state index is 13.1. The van der Waals surface area contributed by atoms with Crippen molar-refractivity contribution in [3.05, 3.63) is 30.3 Å². The van der Waals surface area contributed by atoms with E-state index >= 15 is 0 Å². The number of hydrogen-bond donors (Lipinski definition) is 1. The molecule has 0 bridgehead atoms. The summed E-state index contributed by atoms with van der Waals surface area (Å²) in [4.78, 5) is 34.0. The van der Waals surface area contributed by atoms with Gasteiger partial charge in [0.15, 0.2) is 0 Å². The number of nitrogens with zero attached hydrogens (tertiary/aromatic N) is 9. The van der Waals surface area contributed by atoms with Gasteiger partial charge in [-0.15, -0.1) is 0 Å². The first-order chi connectivity index (χ1) is 12.5. The predicted octanol–water partition coefficient (Wildman–Crippen LogP) is 1.12. The Hall–Kier alpha value is -4.39. The van der Waals surface area contributed by atoms with Crippen molar-refractivity contribution in [3.8, 4) is 5.82 Å². The van der Waals surface area contributed by atoms with E-state index in [9.17, 15) is 48.3 Å². The minimum Gasteiger partial charge on any atom is -0.390 e. The van der Waals surface area contributed by atoms with Gasteiger partial charge in [0.1, 0.15) is 0 Å². The standard InChI is InChI=1S/C7H2F4N10O6/c8-17(9)1-2(19(22)23)4(13-5(18(10)11)3(1)20(24)25)16-6(12)14-7(15-16)21(26)27/h(H2,12,14,15). The summed E-state index contributed by atoms with van der Waals surface area (Å²) < 4.78 is 52.1. The first-order valence-corrected chi connectivity index (χ1v) is 5.94. The Balaban J connectivity index is 3.04. The van der Waals surface area contributed by atoms with Crippen molar-refractivity contribution < 1.29 is 32.7 Å². The number of nitrogen functional groups attached to an aromatic ring is 1. The van der Waals surface area contributed by atoms with Crippen LogP contribution in [0.25, 0.3) is 5.82 Å². The lowest BCUT2D eigenvalue weighted by molar-refractivity contribution is -0.394. The summed E-state index contributed by atoms with van der Waals surface area (Å²) in [5.74, 6) is -5.86. The molecule has 0 spiro atoms. The predicted molar refractivity (Wildman–Crippen MR) is 72.9 cm³/mol. The van der Waals surface area contributed by atoms with Gasteiger partial charge in [0, 0.05) is 5.10 Å². The molecule has 0 amide bonds. The summed E-state index contributed by atoms with van der Waals surface area (Å²) in [7, 11) is 0. The molecule has 0 atom stereocenters. The fraction of sp³-hybridized carbons (Fsp3) is 0. The molecule has 16 nitrogen and oxygen atoms in total. The van der Waals surface area contributed by atoms with Gasteiger partial charge in [-0.1, -0.05) is 22.6 Å². The Kier molecular flexibility index (Phi) is 4.55. The topological polar surface area (TPSA) is 206 Å². The summed E-state index contributed by atoms with van der Waals surface area (Å²) >= 11 is 0. The van der Waals surface area contributed by atoms with E-state index < -0.39 is 66.1 Å². The number of pyridine rings is 1. The van der Waals surface area contributed by atoms with Gasteiger partial charge in [0.05, 0.1) is 9.85 Å². The third kappa shape index (κ3) is 3.12. The van der Waals surface area contributed by atoms with Gasteiger partial charge in [-0.05, 0) is 20.6 Å². The highest BCUT2D eigenvalue weighted by Gasteiger charge is 2.44. The second-order valence-corrected chi connectivity index (χ2v) is 4.22. The third-order valence-corrected chi connectivity index (χ3v) is 2.76. The van der Waals surface area contributed by atoms with Gasteiger partial charge >= 0.3 is 23.3 Å². The number of nitrogens with two attached hydrogens (primary N) is 1. The lowest BCUT2D eigenvalue weighted by Crippen LogP contribution is -2.16. The van der Waals surface area contributed by atoms with E-state index in [0.717, 1.165) is 0 Å². The Morgan fingerprint density at radius 2 is 1.44 bits per heavy atom. The molecule has 2 heterocycles. The van der Waals surface area contributed by atoms with Crippen LogP contribution >= 0.6 is 0 Å². The molecule has 0 aliphatic rings. The van der Waals surface area contributed by atoms with E-state index in [4.69, 9.17) is 5.73 Å². The van der Waals surface area contributed by atoms with E-state index in [1.54, 1.807) is 0 Å². The van der Waals surface area contributed by atoms with Gasteiger partial charge in [0.2, 0.25) is 0 Å². The van der Waals surface area contributed by atoms with E-state index in [1.807, 2.05) is 0 Å². The van der Waals surface area contributed by atoms with Gasteiger partial charge in [0.25, 0.3) is 17.3 Å². The number of hydrogen-bond acceptors (Lipinski definition) is 12. The van der Waals surface area contributed by atoms with E-state index in [-0.39, 0.29) is 4.68 Å². The maximum atomic E-state index is 13.1. The molecule has 144 valence electrons. The summed E-state index contributed by atoms with van der Waals surface area (Å²) in [5.41, 5.74) is -0.978. The Morgan fingerprint density at radius 3 is 1.81 bits per heavy atom. The van der Waals surface area contributed by atoms with E-state index in [0.29, 0.717) is 0 Å². The largest absolute Gasteiger partial charge is 0.493 e. The molecular weight excluding hydrogens is 396 g/mol. The fourth-order valence-corrected chi connectivity index (χ4v) is 1.84. The lowest BCUT2D eigenvalue weighted by atomic mass is 10.2. The van der Waals surface area contributed by atoms with Crippen LogP contribution in [0, 0.1) is 30.3 Å². The van der Waals surface area contributed by atoms with Crippen molar-refractivity contribution in [1.82, 2.24) is 19.7 Å². The van der Waals surface area contributed by atoms with Crippen LogP contribution in [-0.4, -0.2) is 34.5 Å². The van der Waals surface area contributed by atoms with Crippen molar-refractivity contribution in [3.63, 3.8) is 0 Å². The van der Waals surface area contributed by atoms with Crippen LogP contribution in [0.2, 0.25) is 0 Å². The minimum absolute atomic E-state index is 0.0695. The monoisotopic (exact) mass is 398 g/mol. The minimum atomic E-state index is -2.19. The Labute approximate surface area is 141 Å². The van der Waals surface area contributed by atoms with Crippen molar-refractivity contribution in [2.24, 2.45) is 0 Å². The fourth-order valence-electron chi connectivity index (χ4n) is 1.84. The highest BCUT2D eigenvalue weighted by atomic mass is 19.4. The van der Waals surface area contributed by atoms with Crippen molar-refractivity contribution in [1.29, 1.82) is 0 Å². The molecule has 0 unspecified atom stereocenters. The average molecular weight is 398 g/mol. The second kappa shape index (κ2) is 6.49. The van der Waals surface area contributed by atoms with Crippen LogP contribution in [0.15, 0.2) is 0 Å². The highest BCUT2D eigenvalue weighted by Crippen LogP contribution is 2.46. The zero-order valence-electron chi connectivity index (χ0n) is 12.1. The lowest BCUT2D eigenvalue weighted by Gasteiger charge is -2.10. The molecule has 2 N–H and O–H groups in total. The number of nitro groups is 3. The van der Waals surface area contributed by atoms with E-state index in [1.165, 1.54) is 0 Å². The van der Waals surface area contributed by atoms with Crippen LogP contribution in [-0.2, 0) is 0 Å². The van der Waals surface area contributed by atoms with Crippen molar-refractivity contribution in [2.45, 2.75) is 0 Å². The number of anilines is 3. The van der Waals surface area contributed by atoms with Gasteiger partial charge in [-0.3, -0.25) is 20.2 Å². The molecule has 0 radical (unpaired) electrons. The molecule has 20 heteroatoms. The molecule has 2 aromatic heterocycles. The molecule has 0 saturated heterocycles. The molecular formula is C7H2F4N10O6. The Bertz CT molecular complexity index is 962. The van der Waals surface area contributed by atoms with Gasteiger partial charge in [-0.2, -0.15) is 4.98 Å².